The third-order valence-corrected chi connectivity index (χ3v) is 5.84. The standard InChI is InChI=1S/C26H19N5O/c1-30(2)17-13-11-16(12-14-17)15-22-25(32)28-26-27-23-20-9-5-3-7-18(20)19-8-4-6-10-21(19)24(23)29-31(22)26/h3-15H,1-2H3/b22-15+. The van der Waals surface area contributed by atoms with E-state index in [0.29, 0.717) is 11.7 Å². The topological polar surface area (TPSA) is 60.6 Å². The van der Waals surface area contributed by atoms with Crippen LogP contribution in [0.5, 0.6) is 0 Å². The first kappa shape index (κ1) is 18.4. The van der Waals surface area contributed by atoms with Crippen molar-refractivity contribution in [1.29, 1.82) is 0 Å². The van der Waals surface area contributed by atoms with Crippen LogP contribution in [0, 0.1) is 0 Å². The zero-order chi connectivity index (χ0) is 21.8. The molecule has 154 valence electrons. The number of amides is 1. The van der Waals surface area contributed by atoms with Gasteiger partial charge in [0.15, 0.2) is 0 Å². The fourth-order valence-corrected chi connectivity index (χ4v) is 4.23. The molecule has 2 aliphatic heterocycles. The lowest BCUT2D eigenvalue weighted by Crippen LogP contribution is -2.38. The van der Waals surface area contributed by atoms with Crippen LogP contribution in [-0.4, -0.2) is 31.0 Å². The summed E-state index contributed by atoms with van der Waals surface area (Å²) < 4.78 is 0. The Morgan fingerprint density at radius 3 is 1.97 bits per heavy atom. The van der Waals surface area contributed by atoms with E-state index in [9.17, 15) is 4.79 Å². The molecule has 2 aliphatic rings. The molecule has 6 rings (SSSR count). The molecule has 6 nitrogen and oxygen atoms in total. The van der Waals surface area contributed by atoms with Gasteiger partial charge in [-0.1, -0.05) is 60.7 Å². The lowest BCUT2D eigenvalue weighted by molar-refractivity contribution is -0.114. The first-order chi connectivity index (χ1) is 15.6. The van der Waals surface area contributed by atoms with Crippen molar-refractivity contribution in [2.45, 2.75) is 0 Å². The molecule has 32 heavy (non-hydrogen) atoms. The Kier molecular flexibility index (Phi) is 3.95. The van der Waals surface area contributed by atoms with Gasteiger partial charge in [-0.25, -0.2) is 4.99 Å². The summed E-state index contributed by atoms with van der Waals surface area (Å²) in [5.74, 6) is -0.0373. The molecule has 0 saturated heterocycles. The van der Waals surface area contributed by atoms with E-state index in [-0.39, 0.29) is 5.91 Å². The molecule has 2 heterocycles. The Labute approximate surface area is 184 Å². The van der Waals surface area contributed by atoms with E-state index in [4.69, 9.17) is 10.1 Å². The van der Waals surface area contributed by atoms with Crippen molar-refractivity contribution in [1.82, 2.24) is 5.01 Å². The Morgan fingerprint density at radius 1 is 0.750 bits per heavy atom. The summed E-state index contributed by atoms with van der Waals surface area (Å²) in [5, 5.41) is 12.1. The predicted molar refractivity (Wildman–Crippen MR) is 127 cm³/mol. The summed E-state index contributed by atoms with van der Waals surface area (Å²) in [6.07, 6.45) is 1.81. The molecule has 1 amide bonds. The van der Waals surface area contributed by atoms with Crippen molar-refractivity contribution in [3.05, 3.63) is 94.8 Å². The molecule has 0 aliphatic carbocycles. The predicted octanol–water partition coefficient (Wildman–Crippen LogP) is 3.47. The zero-order valence-electron chi connectivity index (χ0n) is 17.6. The number of benzene rings is 4. The molecular formula is C26H19N5O. The van der Waals surface area contributed by atoms with Gasteiger partial charge in [-0.15, -0.1) is 0 Å². The van der Waals surface area contributed by atoms with E-state index in [1.54, 1.807) is 5.01 Å². The molecule has 0 N–H and O–H groups in total. The molecule has 0 bridgehead atoms. The minimum atomic E-state index is -0.342. The third-order valence-electron chi connectivity index (χ3n) is 5.84. The van der Waals surface area contributed by atoms with Gasteiger partial charge in [0.25, 0.3) is 11.9 Å². The maximum atomic E-state index is 12.8. The monoisotopic (exact) mass is 417 g/mol. The highest BCUT2D eigenvalue weighted by Gasteiger charge is 2.32. The summed E-state index contributed by atoms with van der Waals surface area (Å²) in [7, 11) is 3.99. The van der Waals surface area contributed by atoms with E-state index >= 15 is 0 Å². The van der Waals surface area contributed by atoms with Crippen LogP contribution in [0.25, 0.3) is 27.6 Å². The van der Waals surface area contributed by atoms with Crippen LogP contribution >= 0.6 is 0 Å². The SMILES string of the molecule is CN(C)c1ccc(/C=C2\C(=O)N=C3N=c4c(c5ccccc5c5ccccc45)=NN32)cc1. The van der Waals surface area contributed by atoms with E-state index in [1.807, 2.05) is 85.7 Å². The highest BCUT2D eigenvalue weighted by Crippen LogP contribution is 2.25. The maximum Gasteiger partial charge on any atom is 0.299 e. The number of guanidine groups is 1. The largest absolute Gasteiger partial charge is 0.378 e. The van der Waals surface area contributed by atoms with Crippen LogP contribution in [-0.2, 0) is 4.79 Å². The van der Waals surface area contributed by atoms with Gasteiger partial charge >= 0.3 is 0 Å². The molecule has 0 spiro atoms. The molecule has 0 saturated carbocycles. The van der Waals surface area contributed by atoms with Gasteiger partial charge < -0.3 is 4.90 Å². The quantitative estimate of drug-likeness (QED) is 0.371. The van der Waals surface area contributed by atoms with E-state index in [0.717, 1.165) is 43.5 Å². The number of fused-ring (bicyclic) bond motifs is 7. The zero-order valence-corrected chi connectivity index (χ0v) is 17.6. The summed E-state index contributed by atoms with van der Waals surface area (Å²) >= 11 is 0. The van der Waals surface area contributed by atoms with Gasteiger partial charge in [-0.2, -0.15) is 15.1 Å². The van der Waals surface area contributed by atoms with E-state index in [2.05, 4.69) is 17.1 Å². The first-order valence-electron chi connectivity index (χ1n) is 10.4. The Hall–Kier alpha value is -4.32. The van der Waals surface area contributed by atoms with Crippen LogP contribution in [0.4, 0.5) is 5.69 Å². The summed E-state index contributed by atoms with van der Waals surface area (Å²) in [4.78, 5) is 23.8. The fraction of sp³-hybridized carbons (Fsp3) is 0.0769. The van der Waals surface area contributed by atoms with Gasteiger partial charge in [0.05, 0.1) is 0 Å². The van der Waals surface area contributed by atoms with Crippen LogP contribution in [0.3, 0.4) is 0 Å². The van der Waals surface area contributed by atoms with Gasteiger partial charge in [0.1, 0.15) is 16.4 Å². The summed E-state index contributed by atoms with van der Waals surface area (Å²) in [5.41, 5.74) is 2.38. The number of carbonyl (C=O) groups is 1. The molecule has 0 atom stereocenters. The van der Waals surface area contributed by atoms with Gasteiger partial charge in [0.2, 0.25) is 0 Å². The number of hydrogen-bond donors (Lipinski definition) is 0. The normalized spacial score (nSPS) is 15.9. The third kappa shape index (κ3) is 2.73. The Balaban J connectivity index is 1.57. The van der Waals surface area contributed by atoms with Crippen molar-refractivity contribution in [2.75, 3.05) is 19.0 Å². The van der Waals surface area contributed by atoms with Gasteiger partial charge in [0, 0.05) is 30.6 Å². The van der Waals surface area contributed by atoms with Crippen molar-refractivity contribution >= 4 is 45.2 Å². The van der Waals surface area contributed by atoms with Gasteiger partial charge in [-0.3, -0.25) is 4.79 Å². The molecule has 6 heteroatoms. The number of hydrogen-bond acceptors (Lipinski definition) is 5. The fourth-order valence-electron chi connectivity index (χ4n) is 4.23. The molecule has 0 unspecified atom stereocenters. The van der Waals surface area contributed by atoms with Crippen LogP contribution in [0.2, 0.25) is 0 Å². The second kappa shape index (κ2) is 6.85. The van der Waals surface area contributed by atoms with Crippen LogP contribution in [0.15, 0.2) is 93.6 Å². The average molecular weight is 417 g/mol. The lowest BCUT2D eigenvalue weighted by atomic mass is 10.0. The summed E-state index contributed by atoms with van der Waals surface area (Å²) in [6.45, 7) is 0. The highest BCUT2D eigenvalue weighted by molar-refractivity contribution is 6.13. The average Bonchev–Trinajstić information content (AvgIpc) is 3.12. The van der Waals surface area contributed by atoms with E-state index in [1.165, 1.54) is 0 Å². The molecular weight excluding hydrogens is 398 g/mol. The Bertz CT molecular complexity index is 1610. The van der Waals surface area contributed by atoms with Crippen molar-refractivity contribution in [2.24, 2.45) is 15.1 Å². The molecule has 4 aromatic carbocycles. The number of anilines is 1. The molecule has 4 aromatic rings. The number of carbonyl (C=O) groups excluding carboxylic acids is 1. The molecule has 0 fully saturated rings. The van der Waals surface area contributed by atoms with Crippen LogP contribution in [0.1, 0.15) is 5.56 Å². The van der Waals surface area contributed by atoms with E-state index < -0.39 is 0 Å². The van der Waals surface area contributed by atoms with Crippen molar-refractivity contribution in [3.63, 3.8) is 0 Å². The molecule has 0 radical (unpaired) electrons. The minimum absolute atomic E-state index is 0.305. The van der Waals surface area contributed by atoms with Gasteiger partial charge in [-0.05, 0) is 34.5 Å². The maximum absolute atomic E-state index is 12.8. The van der Waals surface area contributed by atoms with Crippen LogP contribution < -0.4 is 15.6 Å². The minimum Gasteiger partial charge on any atom is -0.378 e. The first-order valence-corrected chi connectivity index (χ1v) is 10.4. The second-order valence-corrected chi connectivity index (χ2v) is 8.04. The van der Waals surface area contributed by atoms with Crippen molar-refractivity contribution < 1.29 is 4.79 Å². The summed E-state index contributed by atoms with van der Waals surface area (Å²) in [6, 6.07) is 24.3. The van der Waals surface area contributed by atoms with Crippen molar-refractivity contribution in [3.8, 4) is 0 Å². The lowest BCUT2D eigenvalue weighted by Gasteiger charge is -2.17. The number of nitrogens with zero attached hydrogens (tertiary/aromatic N) is 5. The number of rotatable bonds is 2. The highest BCUT2D eigenvalue weighted by atomic mass is 16.2. The second-order valence-electron chi connectivity index (χ2n) is 8.04. The smallest absolute Gasteiger partial charge is 0.299 e. The molecule has 0 aromatic heterocycles. The number of aliphatic imine (C=N–C) groups is 1. The Morgan fingerprint density at radius 2 is 1.34 bits per heavy atom.